The first-order chi connectivity index (χ1) is 5.02. The normalized spacial score (nSPS) is 23.7. The zero-order valence-electron chi connectivity index (χ0n) is 7.80. The summed E-state index contributed by atoms with van der Waals surface area (Å²) < 4.78 is 0. The van der Waals surface area contributed by atoms with Gasteiger partial charge in [0.05, 0.1) is 6.10 Å². The van der Waals surface area contributed by atoms with Crippen molar-refractivity contribution in [1.29, 1.82) is 0 Å². The lowest BCUT2D eigenvalue weighted by Gasteiger charge is -2.18. The van der Waals surface area contributed by atoms with Crippen molar-refractivity contribution in [2.45, 2.75) is 32.3 Å². The van der Waals surface area contributed by atoms with Crippen molar-refractivity contribution in [2.24, 2.45) is 5.41 Å². The topological polar surface area (TPSA) is 23.5 Å². The molecule has 0 spiro atoms. The van der Waals surface area contributed by atoms with Crippen LogP contribution in [0.1, 0.15) is 26.2 Å². The third-order valence-electron chi connectivity index (χ3n) is 2.41. The van der Waals surface area contributed by atoms with E-state index in [0.29, 0.717) is 5.41 Å². The van der Waals surface area contributed by atoms with E-state index in [1.54, 1.807) is 0 Å². The molecule has 0 saturated heterocycles. The molecule has 0 aliphatic heterocycles. The Kier molecular flexibility index (Phi) is 2.55. The third-order valence-corrected chi connectivity index (χ3v) is 2.41. The fourth-order valence-electron chi connectivity index (χ4n) is 1.47. The molecule has 1 N–H and O–H groups in total. The van der Waals surface area contributed by atoms with Crippen LogP contribution in [0, 0.1) is 5.41 Å². The van der Waals surface area contributed by atoms with Crippen molar-refractivity contribution in [2.75, 3.05) is 20.6 Å². The van der Waals surface area contributed by atoms with E-state index in [1.807, 2.05) is 19.0 Å². The van der Waals surface area contributed by atoms with Crippen molar-refractivity contribution < 1.29 is 5.11 Å². The number of aliphatic hydroxyl groups excluding tert-OH is 1. The lowest BCUT2D eigenvalue weighted by molar-refractivity contribution is 0.109. The Morgan fingerprint density at radius 1 is 1.45 bits per heavy atom. The molecular weight excluding hydrogens is 138 g/mol. The van der Waals surface area contributed by atoms with Gasteiger partial charge in [-0.15, -0.1) is 0 Å². The molecule has 2 nitrogen and oxygen atoms in total. The van der Waals surface area contributed by atoms with Gasteiger partial charge >= 0.3 is 0 Å². The first-order valence-corrected chi connectivity index (χ1v) is 4.35. The van der Waals surface area contributed by atoms with E-state index in [-0.39, 0.29) is 6.10 Å². The lowest BCUT2D eigenvalue weighted by Crippen LogP contribution is -2.27. The van der Waals surface area contributed by atoms with Gasteiger partial charge in [0, 0.05) is 6.54 Å². The number of rotatable bonds is 4. The fourth-order valence-corrected chi connectivity index (χ4v) is 1.47. The van der Waals surface area contributed by atoms with Crippen LogP contribution in [-0.2, 0) is 0 Å². The zero-order valence-corrected chi connectivity index (χ0v) is 7.80. The van der Waals surface area contributed by atoms with Gasteiger partial charge in [-0.25, -0.2) is 0 Å². The average Bonchev–Trinajstić information content (AvgIpc) is 2.44. The number of nitrogens with zero attached hydrogens (tertiary/aromatic N) is 1. The maximum absolute atomic E-state index is 9.55. The van der Waals surface area contributed by atoms with Crippen molar-refractivity contribution in [3.8, 4) is 0 Å². The summed E-state index contributed by atoms with van der Waals surface area (Å²) >= 11 is 0. The summed E-state index contributed by atoms with van der Waals surface area (Å²) in [6.07, 6.45) is 3.46. The van der Waals surface area contributed by atoms with Crippen LogP contribution in [0.15, 0.2) is 0 Å². The average molecular weight is 157 g/mol. The Morgan fingerprint density at radius 3 is 2.36 bits per heavy atom. The molecule has 0 bridgehead atoms. The van der Waals surface area contributed by atoms with Gasteiger partial charge in [0.2, 0.25) is 0 Å². The summed E-state index contributed by atoms with van der Waals surface area (Å²) in [5, 5.41) is 9.55. The molecule has 1 saturated carbocycles. The van der Waals surface area contributed by atoms with Crippen LogP contribution in [0.5, 0.6) is 0 Å². The molecule has 0 aromatic rings. The highest BCUT2D eigenvalue weighted by atomic mass is 16.3. The summed E-state index contributed by atoms with van der Waals surface area (Å²) in [7, 11) is 4.00. The van der Waals surface area contributed by atoms with E-state index in [1.165, 1.54) is 12.8 Å². The number of aliphatic hydroxyl groups is 1. The molecule has 1 aliphatic carbocycles. The second-order valence-electron chi connectivity index (χ2n) is 4.43. The highest BCUT2D eigenvalue weighted by molar-refractivity contribution is 4.90. The Bertz CT molecular complexity index is 130. The summed E-state index contributed by atoms with van der Waals surface area (Å²) in [5.41, 5.74) is 0.482. The third kappa shape index (κ3) is 3.21. The molecule has 1 rings (SSSR count). The molecular formula is C9H19NO. The van der Waals surface area contributed by atoms with Gasteiger partial charge in [-0.1, -0.05) is 6.92 Å². The number of hydrogen-bond acceptors (Lipinski definition) is 2. The molecule has 2 heteroatoms. The van der Waals surface area contributed by atoms with E-state index in [9.17, 15) is 5.11 Å². The molecule has 1 aliphatic rings. The number of hydrogen-bond donors (Lipinski definition) is 1. The molecule has 11 heavy (non-hydrogen) atoms. The zero-order chi connectivity index (χ0) is 8.48. The van der Waals surface area contributed by atoms with Crippen LogP contribution in [0.25, 0.3) is 0 Å². The molecule has 0 aromatic carbocycles. The van der Waals surface area contributed by atoms with Gasteiger partial charge < -0.3 is 10.0 Å². The van der Waals surface area contributed by atoms with Gasteiger partial charge in [-0.05, 0) is 38.8 Å². The Morgan fingerprint density at radius 2 is 2.00 bits per heavy atom. The first-order valence-electron chi connectivity index (χ1n) is 4.35. The van der Waals surface area contributed by atoms with Crippen LogP contribution in [0.4, 0.5) is 0 Å². The van der Waals surface area contributed by atoms with Gasteiger partial charge in [-0.2, -0.15) is 0 Å². The maximum atomic E-state index is 9.55. The molecule has 0 heterocycles. The molecule has 1 fully saturated rings. The van der Waals surface area contributed by atoms with Gasteiger partial charge in [0.1, 0.15) is 0 Å². The highest BCUT2D eigenvalue weighted by Gasteiger charge is 2.38. The van der Waals surface area contributed by atoms with Crippen molar-refractivity contribution >= 4 is 0 Å². The van der Waals surface area contributed by atoms with E-state index in [2.05, 4.69) is 6.92 Å². The van der Waals surface area contributed by atoms with Crippen molar-refractivity contribution in [1.82, 2.24) is 4.90 Å². The quantitative estimate of drug-likeness (QED) is 0.660. The van der Waals surface area contributed by atoms with Gasteiger partial charge in [0.15, 0.2) is 0 Å². The van der Waals surface area contributed by atoms with Crippen LogP contribution >= 0.6 is 0 Å². The summed E-state index contributed by atoms with van der Waals surface area (Å²) in [4.78, 5) is 2.04. The first kappa shape index (κ1) is 9.01. The lowest BCUT2D eigenvalue weighted by atomic mass is 10.0. The van der Waals surface area contributed by atoms with E-state index < -0.39 is 0 Å². The predicted octanol–water partition coefficient (Wildman–Crippen LogP) is 1.10. The Labute approximate surface area is 69.2 Å². The van der Waals surface area contributed by atoms with Gasteiger partial charge in [-0.3, -0.25) is 0 Å². The fraction of sp³-hybridized carbons (Fsp3) is 1.00. The smallest absolute Gasteiger partial charge is 0.0672 e. The monoisotopic (exact) mass is 157 g/mol. The molecule has 0 radical (unpaired) electrons. The van der Waals surface area contributed by atoms with E-state index in [0.717, 1.165) is 13.0 Å². The van der Waals surface area contributed by atoms with Crippen LogP contribution in [-0.4, -0.2) is 36.8 Å². The van der Waals surface area contributed by atoms with Crippen molar-refractivity contribution in [3.05, 3.63) is 0 Å². The number of likely N-dealkylation sites (N-methyl/N-ethyl adjacent to an activating group) is 1. The molecule has 1 atom stereocenters. The van der Waals surface area contributed by atoms with Crippen LogP contribution < -0.4 is 0 Å². The Balaban J connectivity index is 2.15. The van der Waals surface area contributed by atoms with Crippen molar-refractivity contribution in [3.63, 3.8) is 0 Å². The molecule has 1 unspecified atom stereocenters. The SMILES string of the molecule is CN(C)CC(O)CC1(C)CC1. The summed E-state index contributed by atoms with van der Waals surface area (Å²) in [6.45, 7) is 3.06. The molecule has 0 amide bonds. The van der Waals surface area contributed by atoms with Crippen LogP contribution in [0.3, 0.4) is 0 Å². The largest absolute Gasteiger partial charge is 0.392 e. The highest BCUT2D eigenvalue weighted by Crippen LogP contribution is 2.48. The van der Waals surface area contributed by atoms with Gasteiger partial charge in [0.25, 0.3) is 0 Å². The van der Waals surface area contributed by atoms with E-state index in [4.69, 9.17) is 0 Å². The summed E-state index contributed by atoms with van der Waals surface area (Å²) in [6, 6.07) is 0. The minimum Gasteiger partial charge on any atom is -0.392 e. The minimum absolute atomic E-state index is 0.127. The minimum atomic E-state index is -0.127. The molecule has 0 aromatic heterocycles. The molecule has 66 valence electrons. The predicted molar refractivity (Wildman–Crippen MR) is 46.5 cm³/mol. The second kappa shape index (κ2) is 3.11. The maximum Gasteiger partial charge on any atom is 0.0672 e. The standard InChI is InChI=1S/C9H19NO/c1-9(4-5-9)6-8(11)7-10(2)3/h8,11H,4-7H2,1-3H3. The summed E-state index contributed by atoms with van der Waals surface area (Å²) in [5.74, 6) is 0. The Hall–Kier alpha value is -0.0800. The van der Waals surface area contributed by atoms with E-state index >= 15 is 0 Å². The van der Waals surface area contributed by atoms with Crippen LogP contribution in [0.2, 0.25) is 0 Å². The second-order valence-corrected chi connectivity index (χ2v) is 4.43.